The van der Waals surface area contributed by atoms with Gasteiger partial charge in [0.15, 0.2) is 0 Å². The molecule has 0 aliphatic carbocycles. The van der Waals surface area contributed by atoms with E-state index in [1.165, 1.54) is 11.3 Å². The molecule has 3 nitrogen and oxygen atoms in total. The molecule has 29 heavy (non-hydrogen) atoms. The quantitative estimate of drug-likeness (QED) is 0.634. The maximum Gasteiger partial charge on any atom is 0.416 e. The average molecular weight is 461 g/mol. The van der Waals surface area contributed by atoms with Gasteiger partial charge in [-0.05, 0) is 34.5 Å². The number of nitrogens with one attached hydrogen (secondary N) is 1. The molecule has 162 valence electrons. The lowest BCUT2D eigenvalue weighted by atomic mass is 9.91. The second kappa shape index (κ2) is 9.11. The minimum atomic E-state index is -4.97. The second-order valence-corrected chi connectivity index (χ2v) is 7.16. The van der Waals surface area contributed by atoms with Gasteiger partial charge in [-0.3, -0.25) is 4.90 Å². The lowest BCUT2D eigenvalue weighted by molar-refractivity contribution is -0.144. The van der Waals surface area contributed by atoms with Crippen LogP contribution in [0.4, 0.5) is 26.3 Å². The summed E-state index contributed by atoms with van der Waals surface area (Å²) in [5, 5.41) is 6.57. The molecular formula is C18H19ClF6N2OS. The van der Waals surface area contributed by atoms with Crippen molar-refractivity contribution in [2.24, 2.45) is 0 Å². The number of benzene rings is 1. The highest BCUT2D eigenvalue weighted by Gasteiger charge is 2.43. The Morgan fingerprint density at radius 1 is 1.07 bits per heavy atom. The van der Waals surface area contributed by atoms with E-state index in [-0.39, 0.29) is 24.0 Å². The number of halogens is 7. The number of thiophene rings is 1. The van der Waals surface area contributed by atoms with Crippen LogP contribution in [0.2, 0.25) is 0 Å². The minimum absolute atomic E-state index is 0. The molecule has 0 bridgehead atoms. The fourth-order valence-corrected chi connectivity index (χ4v) is 4.09. The van der Waals surface area contributed by atoms with Crippen molar-refractivity contribution in [1.29, 1.82) is 0 Å². The van der Waals surface area contributed by atoms with Crippen LogP contribution >= 0.6 is 23.7 Å². The summed E-state index contributed by atoms with van der Waals surface area (Å²) in [6, 6.07) is 1.66. The number of nitrogens with zero attached hydrogens (tertiary/aromatic N) is 1. The Labute approximate surface area is 174 Å². The van der Waals surface area contributed by atoms with E-state index < -0.39 is 35.3 Å². The van der Waals surface area contributed by atoms with Crippen molar-refractivity contribution in [3.63, 3.8) is 0 Å². The van der Waals surface area contributed by atoms with Crippen LogP contribution in [0.3, 0.4) is 0 Å². The molecule has 1 saturated heterocycles. The third-order valence-electron chi connectivity index (χ3n) is 4.64. The molecule has 0 amide bonds. The zero-order valence-corrected chi connectivity index (χ0v) is 16.9. The summed E-state index contributed by atoms with van der Waals surface area (Å²) in [6.45, 7) is 2.07. The van der Waals surface area contributed by atoms with Crippen molar-refractivity contribution in [3.8, 4) is 5.75 Å². The van der Waals surface area contributed by atoms with Gasteiger partial charge in [0.25, 0.3) is 0 Å². The summed E-state index contributed by atoms with van der Waals surface area (Å²) in [5.74, 6) is -0.420. The molecule has 1 aromatic carbocycles. The van der Waals surface area contributed by atoms with Crippen molar-refractivity contribution >= 4 is 23.7 Å². The molecule has 0 saturated carbocycles. The number of piperazine rings is 1. The lowest BCUT2D eigenvalue weighted by Gasteiger charge is -2.37. The van der Waals surface area contributed by atoms with Gasteiger partial charge in [0.1, 0.15) is 5.75 Å². The van der Waals surface area contributed by atoms with Gasteiger partial charge in [-0.15, -0.1) is 12.4 Å². The molecule has 0 radical (unpaired) electrons. The summed E-state index contributed by atoms with van der Waals surface area (Å²) in [7, 11) is 1.08. The van der Waals surface area contributed by atoms with Crippen molar-refractivity contribution in [1.82, 2.24) is 10.2 Å². The Bertz CT molecular complexity index is 804. The van der Waals surface area contributed by atoms with Gasteiger partial charge in [0.05, 0.1) is 24.3 Å². The van der Waals surface area contributed by atoms with Crippen LogP contribution in [0.15, 0.2) is 29.0 Å². The van der Waals surface area contributed by atoms with Crippen LogP contribution in [-0.4, -0.2) is 38.2 Å². The fraction of sp³-hybridized carbons (Fsp3) is 0.444. The van der Waals surface area contributed by atoms with E-state index in [1.807, 2.05) is 4.90 Å². The molecule has 1 aliphatic rings. The molecule has 2 aromatic rings. The Morgan fingerprint density at radius 2 is 1.72 bits per heavy atom. The van der Waals surface area contributed by atoms with Crippen molar-refractivity contribution < 1.29 is 31.1 Å². The van der Waals surface area contributed by atoms with E-state index in [0.29, 0.717) is 37.8 Å². The molecule has 1 atom stereocenters. The van der Waals surface area contributed by atoms with E-state index in [0.717, 1.165) is 7.11 Å². The first-order valence-corrected chi connectivity index (χ1v) is 9.40. The van der Waals surface area contributed by atoms with Crippen LogP contribution in [0, 0.1) is 0 Å². The number of alkyl halides is 6. The van der Waals surface area contributed by atoms with Crippen LogP contribution in [-0.2, 0) is 12.4 Å². The van der Waals surface area contributed by atoms with Crippen LogP contribution in [0.1, 0.15) is 28.3 Å². The van der Waals surface area contributed by atoms with E-state index in [2.05, 4.69) is 5.32 Å². The number of methoxy groups -OCH3 is 1. The molecular weight excluding hydrogens is 442 g/mol. The maximum atomic E-state index is 13.9. The van der Waals surface area contributed by atoms with Crippen molar-refractivity contribution in [2.45, 2.75) is 18.4 Å². The zero-order valence-electron chi connectivity index (χ0n) is 15.2. The van der Waals surface area contributed by atoms with Gasteiger partial charge in [0.2, 0.25) is 0 Å². The highest BCUT2D eigenvalue weighted by atomic mass is 35.5. The molecule has 1 aliphatic heterocycles. The minimum Gasteiger partial charge on any atom is -0.496 e. The second-order valence-electron chi connectivity index (χ2n) is 6.38. The molecule has 1 aromatic heterocycles. The Hall–Kier alpha value is -1.49. The Morgan fingerprint density at radius 3 is 2.21 bits per heavy atom. The normalized spacial score (nSPS) is 16.9. The highest BCUT2D eigenvalue weighted by Crippen LogP contribution is 2.47. The van der Waals surface area contributed by atoms with Crippen molar-refractivity contribution in [2.75, 3.05) is 33.3 Å². The summed E-state index contributed by atoms with van der Waals surface area (Å²) in [6.07, 6.45) is -9.88. The average Bonchev–Trinajstić information content (AvgIpc) is 3.15. The third kappa shape index (κ3) is 5.17. The predicted octanol–water partition coefficient (Wildman–Crippen LogP) is 5.21. The van der Waals surface area contributed by atoms with Crippen LogP contribution < -0.4 is 10.1 Å². The molecule has 0 unspecified atom stereocenters. The molecule has 11 heteroatoms. The lowest BCUT2D eigenvalue weighted by Crippen LogP contribution is -2.45. The summed E-state index contributed by atoms with van der Waals surface area (Å²) >= 11 is 1.32. The molecule has 0 spiro atoms. The fourth-order valence-electron chi connectivity index (χ4n) is 3.41. The first-order chi connectivity index (χ1) is 13.1. The highest BCUT2D eigenvalue weighted by molar-refractivity contribution is 7.08. The molecule has 2 heterocycles. The first-order valence-electron chi connectivity index (χ1n) is 8.46. The number of hydrogen-bond donors (Lipinski definition) is 1. The SMILES string of the molecule is COc1cc(C(F)(F)F)cc(C(F)(F)F)c1[C@@H](c1ccsc1)N1CCNCC1.Cl. The van der Waals surface area contributed by atoms with Crippen LogP contribution in [0.25, 0.3) is 0 Å². The summed E-state index contributed by atoms with van der Waals surface area (Å²) in [4.78, 5) is 1.83. The maximum absolute atomic E-state index is 13.9. The number of hydrogen-bond acceptors (Lipinski definition) is 4. The zero-order chi connectivity index (χ0) is 20.5. The van der Waals surface area contributed by atoms with Gasteiger partial charge in [-0.25, -0.2) is 0 Å². The van der Waals surface area contributed by atoms with E-state index in [4.69, 9.17) is 4.74 Å². The molecule has 1 N–H and O–H groups in total. The number of ether oxygens (including phenoxy) is 1. The molecule has 1 fully saturated rings. The van der Waals surface area contributed by atoms with Gasteiger partial charge in [0, 0.05) is 31.7 Å². The molecule has 3 rings (SSSR count). The monoisotopic (exact) mass is 460 g/mol. The van der Waals surface area contributed by atoms with E-state index >= 15 is 0 Å². The van der Waals surface area contributed by atoms with Crippen molar-refractivity contribution in [3.05, 3.63) is 51.2 Å². The van der Waals surface area contributed by atoms with Crippen LogP contribution in [0.5, 0.6) is 5.75 Å². The van der Waals surface area contributed by atoms with Gasteiger partial charge < -0.3 is 10.1 Å². The van der Waals surface area contributed by atoms with Gasteiger partial charge in [-0.2, -0.15) is 37.7 Å². The standard InChI is InChI=1S/C18H18F6N2OS.ClH/c1-27-14-9-12(17(19,20)21)8-13(18(22,23)24)15(14)16(11-2-7-28-10-11)26-5-3-25-4-6-26;/h2,7-10,16,25H,3-6H2,1H3;1H/t16-;/m1./s1. The van der Waals surface area contributed by atoms with Gasteiger partial charge >= 0.3 is 12.4 Å². The smallest absolute Gasteiger partial charge is 0.416 e. The van der Waals surface area contributed by atoms with Gasteiger partial charge in [-0.1, -0.05) is 0 Å². The first kappa shape index (κ1) is 23.8. The Kier molecular flexibility index (Phi) is 7.47. The number of rotatable bonds is 4. The summed E-state index contributed by atoms with van der Waals surface area (Å²) in [5.41, 5.74) is -2.41. The Balaban J connectivity index is 0.00000300. The summed E-state index contributed by atoms with van der Waals surface area (Å²) < 4.78 is 86.2. The predicted molar refractivity (Wildman–Crippen MR) is 101 cm³/mol. The van der Waals surface area contributed by atoms with E-state index in [9.17, 15) is 26.3 Å². The van der Waals surface area contributed by atoms with E-state index in [1.54, 1.807) is 16.8 Å². The topological polar surface area (TPSA) is 24.5 Å². The largest absolute Gasteiger partial charge is 0.496 e. The third-order valence-corrected chi connectivity index (χ3v) is 5.35.